The molecule has 76 valence electrons. The number of pyridine rings is 1. The van der Waals surface area contributed by atoms with Crippen molar-refractivity contribution < 1.29 is 4.74 Å². The highest BCUT2D eigenvalue weighted by atomic mass is 16.5. The van der Waals surface area contributed by atoms with Crippen LogP contribution in [0.15, 0.2) is 30.5 Å². The molecule has 0 aliphatic carbocycles. The molecule has 1 aromatic heterocycles. The first-order chi connectivity index (χ1) is 7.36. The number of aromatic nitrogens is 1. The molecule has 0 radical (unpaired) electrons. The molecular formula is C12H12N2O. The van der Waals surface area contributed by atoms with Crippen LogP contribution in [0, 0.1) is 0 Å². The van der Waals surface area contributed by atoms with Crippen LogP contribution in [0.2, 0.25) is 0 Å². The van der Waals surface area contributed by atoms with Crippen molar-refractivity contribution in [2.75, 3.05) is 6.61 Å². The molecule has 0 amide bonds. The quantitative estimate of drug-likeness (QED) is 0.705. The van der Waals surface area contributed by atoms with Crippen LogP contribution in [0.5, 0.6) is 0 Å². The van der Waals surface area contributed by atoms with Gasteiger partial charge in [0.1, 0.15) is 0 Å². The maximum absolute atomic E-state index is 6.06. The maximum Gasteiger partial charge on any atom is 0.0721 e. The van der Waals surface area contributed by atoms with Gasteiger partial charge in [-0.1, -0.05) is 12.1 Å². The second-order valence-electron chi connectivity index (χ2n) is 3.83. The summed E-state index contributed by atoms with van der Waals surface area (Å²) in [4.78, 5) is 4.33. The van der Waals surface area contributed by atoms with Crippen molar-refractivity contribution in [1.82, 2.24) is 4.98 Å². The molecule has 0 bridgehead atoms. The minimum Gasteiger partial charge on any atom is -0.375 e. The molecule has 3 rings (SSSR count). The predicted molar refractivity (Wildman–Crippen MR) is 58.3 cm³/mol. The lowest BCUT2D eigenvalue weighted by molar-refractivity contribution is 0.0930. The Morgan fingerprint density at radius 3 is 3.20 bits per heavy atom. The van der Waals surface area contributed by atoms with Crippen LogP contribution in [-0.4, -0.2) is 11.6 Å². The number of nitrogens with zero attached hydrogens (tertiary/aromatic N) is 1. The van der Waals surface area contributed by atoms with E-state index in [1.54, 1.807) is 6.20 Å². The van der Waals surface area contributed by atoms with Gasteiger partial charge in [-0.3, -0.25) is 4.98 Å². The summed E-state index contributed by atoms with van der Waals surface area (Å²) in [5, 5.41) is 1.16. The highest BCUT2D eigenvalue weighted by Gasteiger charge is 2.19. The lowest BCUT2D eigenvalue weighted by Gasteiger charge is -2.23. The number of hydrogen-bond acceptors (Lipinski definition) is 3. The monoisotopic (exact) mass is 200 g/mol. The zero-order valence-corrected chi connectivity index (χ0v) is 8.31. The Kier molecular flexibility index (Phi) is 1.94. The molecule has 3 heteroatoms. The third kappa shape index (κ3) is 1.32. The largest absolute Gasteiger partial charge is 0.375 e. The predicted octanol–water partition coefficient (Wildman–Crippen LogP) is 1.76. The van der Waals surface area contributed by atoms with Crippen molar-refractivity contribution in [3.63, 3.8) is 0 Å². The van der Waals surface area contributed by atoms with Crippen molar-refractivity contribution in [2.24, 2.45) is 5.73 Å². The Balaban J connectivity index is 2.35. The van der Waals surface area contributed by atoms with Crippen LogP contribution < -0.4 is 5.73 Å². The van der Waals surface area contributed by atoms with Gasteiger partial charge in [-0.2, -0.15) is 0 Å². The molecule has 1 aliphatic heterocycles. The minimum atomic E-state index is -0.0263. The Hall–Kier alpha value is -1.45. The molecule has 1 aromatic carbocycles. The topological polar surface area (TPSA) is 48.1 Å². The lowest BCUT2D eigenvalue weighted by atomic mass is 9.95. The van der Waals surface area contributed by atoms with Crippen LogP contribution in [0.4, 0.5) is 0 Å². The maximum atomic E-state index is 6.06. The molecule has 0 fully saturated rings. The molecule has 2 heterocycles. The van der Waals surface area contributed by atoms with E-state index in [9.17, 15) is 0 Å². The van der Waals surface area contributed by atoms with Crippen LogP contribution in [0.3, 0.4) is 0 Å². The van der Waals surface area contributed by atoms with E-state index < -0.39 is 0 Å². The van der Waals surface area contributed by atoms with E-state index in [0.717, 1.165) is 10.9 Å². The fourth-order valence-corrected chi connectivity index (χ4v) is 2.16. The fourth-order valence-electron chi connectivity index (χ4n) is 2.16. The number of ether oxygens (including phenoxy) is 1. The first kappa shape index (κ1) is 8.83. The molecule has 3 nitrogen and oxygen atoms in total. The Labute approximate surface area is 87.9 Å². The van der Waals surface area contributed by atoms with Crippen LogP contribution in [0.25, 0.3) is 10.9 Å². The second-order valence-corrected chi connectivity index (χ2v) is 3.83. The summed E-state index contributed by atoms with van der Waals surface area (Å²) in [5.41, 5.74) is 9.46. The average Bonchev–Trinajstić information content (AvgIpc) is 2.29. The molecule has 0 saturated heterocycles. The van der Waals surface area contributed by atoms with E-state index >= 15 is 0 Å². The number of hydrogen-bond donors (Lipinski definition) is 1. The van der Waals surface area contributed by atoms with E-state index in [4.69, 9.17) is 10.5 Å². The summed E-state index contributed by atoms with van der Waals surface area (Å²) in [6.45, 7) is 1.26. The molecule has 0 spiro atoms. The fraction of sp³-hybridized carbons (Fsp3) is 0.250. The normalized spacial score (nSPS) is 20.2. The van der Waals surface area contributed by atoms with Gasteiger partial charge >= 0.3 is 0 Å². The molecule has 2 aromatic rings. The van der Waals surface area contributed by atoms with Crippen molar-refractivity contribution in [3.05, 3.63) is 41.6 Å². The zero-order chi connectivity index (χ0) is 10.3. The molecule has 15 heavy (non-hydrogen) atoms. The summed E-state index contributed by atoms with van der Waals surface area (Å²) in [5.74, 6) is 0. The second kappa shape index (κ2) is 3.29. The lowest BCUT2D eigenvalue weighted by Crippen LogP contribution is -2.23. The smallest absolute Gasteiger partial charge is 0.0721 e. The molecule has 1 aliphatic rings. The summed E-state index contributed by atoms with van der Waals surface area (Å²) in [7, 11) is 0. The van der Waals surface area contributed by atoms with Crippen molar-refractivity contribution in [3.8, 4) is 0 Å². The van der Waals surface area contributed by atoms with Gasteiger partial charge in [0, 0.05) is 11.6 Å². The van der Waals surface area contributed by atoms with Gasteiger partial charge < -0.3 is 10.5 Å². The average molecular weight is 200 g/mol. The van der Waals surface area contributed by atoms with Gasteiger partial charge in [0.15, 0.2) is 0 Å². The number of benzene rings is 1. The molecule has 0 saturated carbocycles. The van der Waals surface area contributed by atoms with E-state index in [1.807, 2.05) is 12.1 Å². The van der Waals surface area contributed by atoms with Gasteiger partial charge in [-0.05, 0) is 23.3 Å². The zero-order valence-electron chi connectivity index (χ0n) is 8.31. The van der Waals surface area contributed by atoms with Gasteiger partial charge in [0.05, 0.1) is 24.8 Å². The van der Waals surface area contributed by atoms with Crippen molar-refractivity contribution >= 4 is 10.9 Å². The number of rotatable bonds is 0. The molecule has 2 N–H and O–H groups in total. The summed E-state index contributed by atoms with van der Waals surface area (Å²) >= 11 is 0. The van der Waals surface area contributed by atoms with E-state index in [-0.39, 0.29) is 6.04 Å². The Morgan fingerprint density at radius 1 is 1.33 bits per heavy atom. The minimum absolute atomic E-state index is 0.0263. The van der Waals surface area contributed by atoms with Crippen molar-refractivity contribution in [1.29, 1.82) is 0 Å². The Bertz CT molecular complexity index is 510. The van der Waals surface area contributed by atoms with E-state index in [2.05, 4.69) is 17.1 Å². The standard InChI is InChI=1S/C12H12N2O/c13-10-7-15-6-8-3-4-11-9(12(8)10)2-1-5-14-11/h1-5,10H,6-7,13H2. The van der Waals surface area contributed by atoms with Gasteiger partial charge in [-0.25, -0.2) is 0 Å². The Morgan fingerprint density at radius 2 is 2.27 bits per heavy atom. The van der Waals surface area contributed by atoms with Crippen LogP contribution >= 0.6 is 0 Å². The summed E-state index contributed by atoms with van der Waals surface area (Å²) < 4.78 is 5.41. The van der Waals surface area contributed by atoms with E-state index in [1.165, 1.54) is 11.1 Å². The molecular weight excluding hydrogens is 188 g/mol. The molecule has 1 unspecified atom stereocenters. The first-order valence-corrected chi connectivity index (χ1v) is 5.06. The first-order valence-electron chi connectivity index (χ1n) is 5.06. The highest BCUT2D eigenvalue weighted by Crippen LogP contribution is 2.29. The van der Waals surface area contributed by atoms with Crippen molar-refractivity contribution in [2.45, 2.75) is 12.6 Å². The van der Waals surface area contributed by atoms with Crippen LogP contribution in [-0.2, 0) is 11.3 Å². The van der Waals surface area contributed by atoms with Gasteiger partial charge in [0.2, 0.25) is 0 Å². The third-order valence-corrected chi connectivity index (χ3v) is 2.84. The number of nitrogens with two attached hydrogens (primary N) is 1. The van der Waals surface area contributed by atoms with Gasteiger partial charge in [0.25, 0.3) is 0 Å². The summed E-state index contributed by atoms with van der Waals surface area (Å²) in [6.07, 6.45) is 1.81. The summed E-state index contributed by atoms with van der Waals surface area (Å²) in [6, 6.07) is 8.08. The van der Waals surface area contributed by atoms with E-state index in [0.29, 0.717) is 13.2 Å². The third-order valence-electron chi connectivity index (χ3n) is 2.84. The molecule has 1 atom stereocenters. The number of fused-ring (bicyclic) bond motifs is 3. The highest BCUT2D eigenvalue weighted by molar-refractivity contribution is 5.84. The van der Waals surface area contributed by atoms with Gasteiger partial charge in [-0.15, -0.1) is 0 Å². The van der Waals surface area contributed by atoms with Crippen LogP contribution in [0.1, 0.15) is 17.2 Å². The SMILES string of the molecule is NC1COCc2ccc3ncccc3c21.